The minimum Gasteiger partial charge on any atom is -0.489 e. The molecule has 1 aliphatic heterocycles. The van der Waals surface area contributed by atoms with Gasteiger partial charge in [-0.15, -0.1) is 10.2 Å². The van der Waals surface area contributed by atoms with Crippen LogP contribution in [0.15, 0.2) is 18.3 Å². The van der Waals surface area contributed by atoms with E-state index in [1.165, 1.54) is 0 Å². The summed E-state index contributed by atoms with van der Waals surface area (Å²) in [4.78, 5) is 13.5. The lowest BCUT2D eigenvalue weighted by atomic mass is 10.1. The first kappa shape index (κ1) is 14.8. The van der Waals surface area contributed by atoms with Crippen molar-refractivity contribution >= 4 is 11.6 Å². The fourth-order valence-electron chi connectivity index (χ4n) is 2.72. The summed E-state index contributed by atoms with van der Waals surface area (Å²) in [6, 6.07) is 3.84. The molecular formula is C15H21N5O2. The predicted molar refractivity (Wildman–Crippen MR) is 81.9 cm³/mol. The largest absolute Gasteiger partial charge is 0.489 e. The maximum atomic E-state index is 11.4. The lowest BCUT2D eigenvalue weighted by Gasteiger charge is -2.31. The third-order valence-corrected chi connectivity index (χ3v) is 4.03. The highest BCUT2D eigenvalue weighted by molar-refractivity contribution is 5.77. The summed E-state index contributed by atoms with van der Waals surface area (Å²) in [6.07, 6.45) is 3.98. The van der Waals surface area contributed by atoms with Crippen LogP contribution in [-0.4, -0.2) is 58.2 Å². The number of piperidine rings is 1. The van der Waals surface area contributed by atoms with Crippen LogP contribution in [-0.2, 0) is 4.79 Å². The number of carbonyl (C=O) groups excluding carboxylic acids is 1. The molecule has 7 heteroatoms. The van der Waals surface area contributed by atoms with E-state index >= 15 is 0 Å². The first-order chi connectivity index (χ1) is 10.7. The summed E-state index contributed by atoms with van der Waals surface area (Å²) in [5, 5.41) is 10.8. The molecule has 22 heavy (non-hydrogen) atoms. The van der Waals surface area contributed by atoms with Gasteiger partial charge in [0.15, 0.2) is 5.65 Å². The van der Waals surface area contributed by atoms with Gasteiger partial charge in [-0.05, 0) is 31.9 Å². The number of amides is 1. The molecule has 0 aromatic carbocycles. The summed E-state index contributed by atoms with van der Waals surface area (Å²) in [7, 11) is 1.67. The van der Waals surface area contributed by atoms with Crippen LogP contribution in [0.2, 0.25) is 0 Å². The number of likely N-dealkylation sites (N-methyl/N-ethyl adjacent to an activating group) is 1. The average molecular weight is 303 g/mol. The van der Waals surface area contributed by atoms with Crippen LogP contribution in [0.1, 0.15) is 18.7 Å². The van der Waals surface area contributed by atoms with Crippen molar-refractivity contribution in [3.05, 3.63) is 24.2 Å². The maximum absolute atomic E-state index is 11.4. The number of hydrogen-bond donors (Lipinski definition) is 1. The number of carbonyl (C=O) groups is 1. The van der Waals surface area contributed by atoms with Gasteiger partial charge in [0.2, 0.25) is 5.91 Å². The molecule has 0 atom stereocenters. The number of hydrogen-bond acceptors (Lipinski definition) is 5. The SMILES string of the molecule is CNC(=O)CN1CCC(Oc2ccc3nnc(C)n3c2)CC1. The highest BCUT2D eigenvalue weighted by Gasteiger charge is 2.22. The fraction of sp³-hybridized carbons (Fsp3) is 0.533. The molecule has 0 spiro atoms. The van der Waals surface area contributed by atoms with Gasteiger partial charge in [0.25, 0.3) is 0 Å². The Morgan fingerprint density at radius 2 is 2.14 bits per heavy atom. The summed E-state index contributed by atoms with van der Waals surface area (Å²) >= 11 is 0. The third kappa shape index (κ3) is 3.19. The van der Waals surface area contributed by atoms with Gasteiger partial charge in [-0.25, -0.2) is 0 Å². The second-order valence-corrected chi connectivity index (χ2v) is 5.61. The first-order valence-electron chi connectivity index (χ1n) is 7.56. The molecule has 0 saturated carbocycles. The molecule has 3 rings (SSSR count). The molecule has 0 bridgehead atoms. The van der Waals surface area contributed by atoms with E-state index < -0.39 is 0 Å². The Morgan fingerprint density at radius 1 is 1.36 bits per heavy atom. The standard InChI is InChI=1S/C15H21N5O2/c1-11-17-18-14-4-3-13(9-20(11)14)22-12-5-7-19(8-6-12)10-15(21)16-2/h3-4,9,12H,5-8,10H2,1-2H3,(H,16,21). The van der Waals surface area contributed by atoms with Crippen LogP contribution in [0.5, 0.6) is 5.75 Å². The van der Waals surface area contributed by atoms with Gasteiger partial charge < -0.3 is 10.1 Å². The zero-order chi connectivity index (χ0) is 15.5. The minimum absolute atomic E-state index is 0.0629. The van der Waals surface area contributed by atoms with Crippen LogP contribution in [0.4, 0.5) is 0 Å². The summed E-state index contributed by atoms with van der Waals surface area (Å²) in [6.45, 7) is 4.15. The van der Waals surface area contributed by atoms with Crippen molar-refractivity contribution in [2.24, 2.45) is 0 Å². The van der Waals surface area contributed by atoms with Crippen molar-refractivity contribution in [2.45, 2.75) is 25.9 Å². The molecule has 0 radical (unpaired) electrons. The van der Waals surface area contributed by atoms with E-state index in [1.54, 1.807) is 7.05 Å². The molecule has 1 saturated heterocycles. The van der Waals surface area contributed by atoms with Gasteiger partial charge in [-0.3, -0.25) is 14.1 Å². The molecule has 1 aliphatic rings. The Hall–Kier alpha value is -2.15. The van der Waals surface area contributed by atoms with Crippen LogP contribution < -0.4 is 10.1 Å². The highest BCUT2D eigenvalue weighted by atomic mass is 16.5. The van der Waals surface area contributed by atoms with Gasteiger partial charge in [0.1, 0.15) is 17.7 Å². The number of aryl methyl sites for hydroxylation is 1. The first-order valence-corrected chi connectivity index (χ1v) is 7.56. The number of nitrogens with zero attached hydrogens (tertiary/aromatic N) is 4. The molecule has 0 aliphatic carbocycles. The summed E-state index contributed by atoms with van der Waals surface area (Å²) in [5.41, 5.74) is 0.824. The van der Waals surface area contributed by atoms with Gasteiger partial charge in [-0.2, -0.15) is 0 Å². The molecule has 0 unspecified atom stereocenters. The Morgan fingerprint density at radius 3 is 2.86 bits per heavy atom. The van der Waals surface area contributed by atoms with Gasteiger partial charge >= 0.3 is 0 Å². The normalized spacial score (nSPS) is 16.8. The fourth-order valence-corrected chi connectivity index (χ4v) is 2.72. The predicted octanol–water partition coefficient (Wildman–Crippen LogP) is 0.627. The third-order valence-electron chi connectivity index (χ3n) is 4.03. The van der Waals surface area contributed by atoms with Gasteiger partial charge in [0, 0.05) is 20.1 Å². The van der Waals surface area contributed by atoms with Gasteiger partial charge in [0.05, 0.1) is 12.7 Å². The molecule has 1 N–H and O–H groups in total. The number of pyridine rings is 1. The molecule has 1 amide bonds. The van der Waals surface area contributed by atoms with Crippen LogP contribution in [0.3, 0.4) is 0 Å². The van der Waals surface area contributed by atoms with Crippen LogP contribution in [0, 0.1) is 6.92 Å². The van der Waals surface area contributed by atoms with Crippen LogP contribution >= 0.6 is 0 Å². The number of rotatable bonds is 4. The Bertz CT molecular complexity index is 661. The van der Waals surface area contributed by atoms with Crippen molar-refractivity contribution < 1.29 is 9.53 Å². The van der Waals surface area contributed by atoms with E-state index in [4.69, 9.17) is 4.74 Å². The van der Waals surface area contributed by atoms with E-state index in [0.29, 0.717) is 6.54 Å². The zero-order valence-electron chi connectivity index (χ0n) is 13.0. The molecule has 7 nitrogen and oxygen atoms in total. The van der Waals surface area contributed by atoms with Gasteiger partial charge in [-0.1, -0.05) is 0 Å². The Labute approximate surface area is 129 Å². The second kappa shape index (κ2) is 6.31. The Kier molecular flexibility index (Phi) is 4.24. The summed E-state index contributed by atoms with van der Waals surface area (Å²) < 4.78 is 7.99. The molecule has 2 aromatic heterocycles. The lowest BCUT2D eigenvalue weighted by molar-refractivity contribution is -0.122. The molecular weight excluding hydrogens is 282 g/mol. The lowest BCUT2D eigenvalue weighted by Crippen LogP contribution is -2.43. The van der Waals surface area contributed by atoms with E-state index in [2.05, 4.69) is 20.4 Å². The van der Waals surface area contributed by atoms with Crippen molar-refractivity contribution in [3.63, 3.8) is 0 Å². The topological polar surface area (TPSA) is 71.8 Å². The summed E-state index contributed by atoms with van der Waals surface area (Å²) in [5.74, 6) is 1.74. The number of likely N-dealkylation sites (tertiary alicyclic amines) is 1. The van der Waals surface area contributed by atoms with Crippen molar-refractivity contribution in [3.8, 4) is 5.75 Å². The maximum Gasteiger partial charge on any atom is 0.233 e. The van der Waals surface area contributed by atoms with E-state index in [-0.39, 0.29) is 12.0 Å². The smallest absolute Gasteiger partial charge is 0.233 e. The molecule has 3 heterocycles. The number of fused-ring (bicyclic) bond motifs is 1. The van der Waals surface area contributed by atoms with E-state index in [9.17, 15) is 4.79 Å². The number of ether oxygens (including phenoxy) is 1. The Balaban J connectivity index is 1.57. The second-order valence-electron chi connectivity index (χ2n) is 5.61. The monoisotopic (exact) mass is 303 g/mol. The molecule has 2 aromatic rings. The van der Waals surface area contributed by atoms with Crippen molar-refractivity contribution in [1.29, 1.82) is 0 Å². The number of aromatic nitrogens is 3. The molecule has 1 fully saturated rings. The quantitative estimate of drug-likeness (QED) is 0.897. The highest BCUT2D eigenvalue weighted by Crippen LogP contribution is 2.20. The van der Waals surface area contributed by atoms with Crippen molar-refractivity contribution in [2.75, 3.05) is 26.7 Å². The minimum atomic E-state index is 0.0629. The zero-order valence-corrected chi connectivity index (χ0v) is 13.0. The average Bonchev–Trinajstić information content (AvgIpc) is 2.90. The van der Waals surface area contributed by atoms with Crippen molar-refractivity contribution in [1.82, 2.24) is 24.8 Å². The number of nitrogens with one attached hydrogen (secondary N) is 1. The van der Waals surface area contributed by atoms with E-state index in [0.717, 1.165) is 43.2 Å². The van der Waals surface area contributed by atoms with Crippen LogP contribution in [0.25, 0.3) is 5.65 Å². The van der Waals surface area contributed by atoms with E-state index in [1.807, 2.05) is 29.7 Å². The molecule has 118 valence electrons.